The Morgan fingerprint density at radius 3 is 2.50 bits per heavy atom. The fourth-order valence-corrected chi connectivity index (χ4v) is 2.28. The van der Waals surface area contributed by atoms with Crippen molar-refractivity contribution >= 4 is 11.6 Å². The maximum atomic E-state index is 6.25. The summed E-state index contributed by atoms with van der Waals surface area (Å²) in [6.45, 7) is 11.2. The van der Waals surface area contributed by atoms with Crippen molar-refractivity contribution in [3.05, 3.63) is 34.9 Å². The maximum absolute atomic E-state index is 6.25. The van der Waals surface area contributed by atoms with E-state index in [2.05, 4.69) is 45.1 Å². The van der Waals surface area contributed by atoms with Gasteiger partial charge in [-0.05, 0) is 42.3 Å². The highest BCUT2D eigenvalue weighted by Gasteiger charge is 2.23. The van der Waals surface area contributed by atoms with E-state index in [1.807, 2.05) is 12.1 Å². The van der Waals surface area contributed by atoms with Gasteiger partial charge in [-0.3, -0.25) is 0 Å². The van der Waals surface area contributed by atoms with Gasteiger partial charge in [0.05, 0.1) is 0 Å². The van der Waals surface area contributed by atoms with E-state index in [0.717, 1.165) is 31.0 Å². The molecule has 0 fully saturated rings. The molecule has 0 radical (unpaired) electrons. The average Bonchev–Trinajstić information content (AvgIpc) is 2.32. The number of halogens is 1. The van der Waals surface area contributed by atoms with Gasteiger partial charge in [0.15, 0.2) is 0 Å². The van der Waals surface area contributed by atoms with Gasteiger partial charge in [-0.15, -0.1) is 0 Å². The summed E-state index contributed by atoms with van der Waals surface area (Å²) in [7, 11) is 0. The molecule has 0 aliphatic carbocycles. The van der Waals surface area contributed by atoms with Gasteiger partial charge < -0.3 is 5.32 Å². The molecule has 102 valence electrons. The highest BCUT2D eigenvalue weighted by Crippen LogP contribution is 2.29. The number of hydrogen-bond acceptors (Lipinski definition) is 1. The first-order chi connectivity index (χ1) is 8.47. The Morgan fingerprint density at radius 1 is 1.28 bits per heavy atom. The van der Waals surface area contributed by atoms with E-state index in [4.69, 9.17) is 11.6 Å². The summed E-state index contributed by atoms with van der Waals surface area (Å²) < 4.78 is 0. The van der Waals surface area contributed by atoms with Gasteiger partial charge in [0.25, 0.3) is 0 Å². The lowest BCUT2D eigenvalue weighted by Crippen LogP contribution is -2.35. The lowest BCUT2D eigenvalue weighted by molar-refractivity contribution is 0.285. The van der Waals surface area contributed by atoms with Crippen LogP contribution in [0.3, 0.4) is 0 Å². The molecule has 1 unspecified atom stereocenters. The summed E-state index contributed by atoms with van der Waals surface area (Å²) in [5.41, 5.74) is 1.54. The predicted octanol–water partition coefficient (Wildman–Crippen LogP) is 4.54. The van der Waals surface area contributed by atoms with Crippen LogP contribution in [0.5, 0.6) is 0 Å². The van der Waals surface area contributed by atoms with E-state index in [9.17, 15) is 0 Å². The molecule has 0 aromatic heterocycles. The Kier molecular flexibility index (Phi) is 6.17. The molecule has 2 heteroatoms. The third-order valence-electron chi connectivity index (χ3n) is 3.53. The van der Waals surface area contributed by atoms with Gasteiger partial charge in [0, 0.05) is 11.6 Å². The van der Waals surface area contributed by atoms with Crippen LogP contribution in [-0.4, -0.2) is 13.1 Å². The van der Waals surface area contributed by atoms with Crippen LogP contribution in [0.15, 0.2) is 24.3 Å². The number of nitrogens with one attached hydrogen (secondary N) is 1. The van der Waals surface area contributed by atoms with Crippen LogP contribution < -0.4 is 5.32 Å². The van der Waals surface area contributed by atoms with Gasteiger partial charge in [0.2, 0.25) is 0 Å². The summed E-state index contributed by atoms with van der Waals surface area (Å²) in [5, 5.41) is 4.46. The molecule has 0 aliphatic rings. The van der Waals surface area contributed by atoms with Crippen molar-refractivity contribution in [3.8, 4) is 0 Å². The second-order valence-corrected chi connectivity index (χ2v) is 6.36. The zero-order chi connectivity index (χ0) is 13.6. The molecule has 18 heavy (non-hydrogen) atoms. The fraction of sp³-hybridized carbons (Fsp3) is 0.625. The molecular formula is C16H26ClN. The monoisotopic (exact) mass is 267 g/mol. The van der Waals surface area contributed by atoms with E-state index in [-0.39, 0.29) is 5.41 Å². The normalized spacial score (nSPS) is 14.8. The molecule has 1 rings (SSSR count). The third-order valence-corrected chi connectivity index (χ3v) is 3.90. The van der Waals surface area contributed by atoms with Crippen molar-refractivity contribution in [3.63, 3.8) is 0 Å². The number of benzene rings is 1. The molecule has 0 aliphatic heterocycles. The van der Waals surface area contributed by atoms with Crippen LogP contribution in [0.25, 0.3) is 0 Å². The fourth-order valence-electron chi connectivity index (χ4n) is 2.08. The van der Waals surface area contributed by atoms with Crippen molar-refractivity contribution in [2.75, 3.05) is 13.1 Å². The Balaban J connectivity index is 2.62. The lowest BCUT2D eigenvalue weighted by Gasteiger charge is -2.29. The van der Waals surface area contributed by atoms with E-state index < -0.39 is 0 Å². The minimum atomic E-state index is 0.278. The van der Waals surface area contributed by atoms with Crippen molar-refractivity contribution in [1.82, 2.24) is 5.32 Å². The van der Waals surface area contributed by atoms with E-state index in [1.165, 1.54) is 5.56 Å². The Hall–Kier alpha value is -0.530. The largest absolute Gasteiger partial charge is 0.316 e. The van der Waals surface area contributed by atoms with Gasteiger partial charge in [0.1, 0.15) is 0 Å². The van der Waals surface area contributed by atoms with Crippen LogP contribution in [0.2, 0.25) is 5.02 Å². The second kappa shape index (κ2) is 7.16. The summed E-state index contributed by atoms with van der Waals surface area (Å²) in [5.74, 6) is 0.700. The minimum Gasteiger partial charge on any atom is -0.316 e. The summed E-state index contributed by atoms with van der Waals surface area (Å²) >= 11 is 6.25. The van der Waals surface area contributed by atoms with Crippen LogP contribution in [0.4, 0.5) is 0 Å². The summed E-state index contributed by atoms with van der Waals surface area (Å²) in [6, 6.07) is 8.18. The third kappa shape index (κ3) is 4.99. The SMILES string of the molecule is CCC(C)(CNCC(C)C)Cc1ccccc1Cl. The molecule has 0 bridgehead atoms. The van der Waals surface area contributed by atoms with E-state index >= 15 is 0 Å². The molecule has 0 saturated carbocycles. The molecule has 0 spiro atoms. The van der Waals surface area contributed by atoms with Crippen LogP contribution in [0.1, 0.15) is 39.7 Å². The zero-order valence-electron chi connectivity index (χ0n) is 12.1. The van der Waals surface area contributed by atoms with Crippen molar-refractivity contribution in [1.29, 1.82) is 0 Å². The molecule has 0 saturated heterocycles. The Bertz CT molecular complexity index is 362. The first-order valence-electron chi connectivity index (χ1n) is 6.91. The molecule has 1 aromatic rings. The maximum Gasteiger partial charge on any atom is 0.0438 e. The highest BCUT2D eigenvalue weighted by molar-refractivity contribution is 6.31. The Labute approximate surface area is 117 Å². The van der Waals surface area contributed by atoms with Crippen LogP contribution >= 0.6 is 11.6 Å². The summed E-state index contributed by atoms with van der Waals surface area (Å²) in [4.78, 5) is 0. The smallest absolute Gasteiger partial charge is 0.0438 e. The van der Waals surface area contributed by atoms with Gasteiger partial charge in [-0.25, -0.2) is 0 Å². The topological polar surface area (TPSA) is 12.0 Å². The Morgan fingerprint density at radius 2 is 1.94 bits per heavy atom. The standard InChI is InChI=1S/C16H26ClN/c1-5-16(4,12-18-11-13(2)3)10-14-8-6-7-9-15(14)17/h6-9,13,18H,5,10-12H2,1-4H3. The molecule has 1 nitrogen and oxygen atoms in total. The highest BCUT2D eigenvalue weighted by atomic mass is 35.5. The van der Waals surface area contributed by atoms with E-state index in [0.29, 0.717) is 5.92 Å². The van der Waals surface area contributed by atoms with Gasteiger partial charge in [-0.1, -0.05) is 57.5 Å². The summed E-state index contributed by atoms with van der Waals surface area (Å²) in [6.07, 6.45) is 2.19. The first kappa shape index (κ1) is 15.5. The molecule has 1 aromatic carbocycles. The van der Waals surface area contributed by atoms with Crippen molar-refractivity contribution in [2.45, 2.75) is 40.5 Å². The van der Waals surface area contributed by atoms with Crippen molar-refractivity contribution in [2.24, 2.45) is 11.3 Å². The molecular weight excluding hydrogens is 242 g/mol. The number of rotatable bonds is 7. The second-order valence-electron chi connectivity index (χ2n) is 5.96. The minimum absolute atomic E-state index is 0.278. The first-order valence-corrected chi connectivity index (χ1v) is 7.29. The average molecular weight is 268 g/mol. The number of hydrogen-bond donors (Lipinski definition) is 1. The van der Waals surface area contributed by atoms with Gasteiger partial charge in [-0.2, -0.15) is 0 Å². The van der Waals surface area contributed by atoms with Gasteiger partial charge >= 0.3 is 0 Å². The molecule has 1 atom stereocenters. The molecule has 1 N–H and O–H groups in total. The molecule has 0 amide bonds. The van der Waals surface area contributed by atoms with Crippen molar-refractivity contribution < 1.29 is 0 Å². The van der Waals surface area contributed by atoms with Crippen LogP contribution in [-0.2, 0) is 6.42 Å². The predicted molar refractivity (Wildman–Crippen MR) is 81.3 cm³/mol. The van der Waals surface area contributed by atoms with Crippen LogP contribution in [0, 0.1) is 11.3 Å². The quantitative estimate of drug-likeness (QED) is 0.765. The molecule has 0 heterocycles. The van der Waals surface area contributed by atoms with E-state index in [1.54, 1.807) is 0 Å². The zero-order valence-corrected chi connectivity index (χ0v) is 12.8. The lowest BCUT2D eigenvalue weighted by atomic mass is 9.81.